The molecule has 8 heteroatoms. The predicted octanol–water partition coefficient (Wildman–Crippen LogP) is 4.99. The summed E-state index contributed by atoms with van der Waals surface area (Å²) in [5, 5.41) is 10.1. The number of aromatic amines is 1. The molecule has 4 aromatic rings. The van der Waals surface area contributed by atoms with E-state index in [1.165, 1.54) is 5.56 Å². The highest BCUT2D eigenvalue weighted by molar-refractivity contribution is 5.95. The van der Waals surface area contributed by atoms with Crippen LogP contribution in [0.25, 0.3) is 5.69 Å². The lowest BCUT2D eigenvalue weighted by atomic mass is 10.1. The first-order valence-electron chi connectivity index (χ1n) is 12.9. The number of aryl methyl sites for hydroxylation is 1. The maximum atomic E-state index is 12.8. The lowest BCUT2D eigenvalue weighted by Gasteiger charge is -2.19. The summed E-state index contributed by atoms with van der Waals surface area (Å²) in [6.45, 7) is 6.42. The molecule has 2 heterocycles. The van der Waals surface area contributed by atoms with Crippen molar-refractivity contribution in [1.29, 1.82) is 0 Å². The summed E-state index contributed by atoms with van der Waals surface area (Å²) in [5.74, 6) is 6.26. The summed E-state index contributed by atoms with van der Waals surface area (Å²) >= 11 is 0. The number of nitrogens with one attached hydrogen (secondary N) is 3. The van der Waals surface area contributed by atoms with Crippen molar-refractivity contribution in [2.24, 2.45) is 0 Å². The molecule has 0 bridgehead atoms. The van der Waals surface area contributed by atoms with Gasteiger partial charge in [0.25, 0.3) is 5.91 Å². The van der Waals surface area contributed by atoms with E-state index in [1.807, 2.05) is 81.8 Å². The number of nitrogens with zero attached hydrogens (tertiary/aromatic N) is 2. The lowest BCUT2D eigenvalue weighted by Crippen LogP contribution is -2.32. The van der Waals surface area contributed by atoms with Crippen molar-refractivity contribution in [3.63, 3.8) is 0 Å². The Labute approximate surface area is 228 Å². The molecule has 0 aliphatic heterocycles. The number of H-pyrrole nitrogens is 1. The zero-order valence-corrected chi connectivity index (χ0v) is 22.5. The van der Waals surface area contributed by atoms with Crippen LogP contribution in [0.2, 0.25) is 0 Å². The first-order valence-corrected chi connectivity index (χ1v) is 12.9. The molecule has 3 N–H and O–H groups in total. The van der Waals surface area contributed by atoms with E-state index in [2.05, 4.69) is 32.6 Å². The third kappa shape index (κ3) is 8.37. The summed E-state index contributed by atoms with van der Waals surface area (Å²) in [4.78, 5) is 27.8. The fourth-order valence-electron chi connectivity index (χ4n) is 3.83. The number of amides is 2. The van der Waals surface area contributed by atoms with E-state index in [4.69, 9.17) is 4.74 Å². The van der Waals surface area contributed by atoms with Crippen molar-refractivity contribution < 1.29 is 14.3 Å². The molecule has 0 aliphatic carbocycles. The summed E-state index contributed by atoms with van der Waals surface area (Å²) in [6.07, 6.45) is 8.70. The molecular weight excluding hydrogens is 490 g/mol. The lowest BCUT2D eigenvalue weighted by molar-refractivity contribution is 0.0523. The number of carbonyl (C=O) groups is 2. The molecular formula is C31H33N5O3. The molecule has 8 nitrogen and oxygen atoms in total. The van der Waals surface area contributed by atoms with E-state index >= 15 is 0 Å². The molecule has 0 saturated heterocycles. The highest BCUT2D eigenvalue weighted by Gasteiger charge is 2.15. The molecule has 0 atom stereocenters. The van der Waals surface area contributed by atoms with Crippen molar-refractivity contribution in [3.05, 3.63) is 107 Å². The SMILES string of the molecule is CC(C)(C)OC(=O)NCc1ccc(C#Cc2cc(C(=O)NCCCc3cc[nH]c3)ccc2-n2cccn2)cc1. The molecule has 2 aromatic carbocycles. The molecule has 2 aromatic heterocycles. The van der Waals surface area contributed by atoms with Crippen molar-refractivity contribution in [2.75, 3.05) is 6.54 Å². The second-order valence-electron chi connectivity index (χ2n) is 10.1. The van der Waals surface area contributed by atoms with Gasteiger partial charge in [0.05, 0.1) is 11.3 Å². The van der Waals surface area contributed by atoms with Crippen LogP contribution in [0.3, 0.4) is 0 Å². The maximum Gasteiger partial charge on any atom is 0.407 e. The number of aromatic nitrogens is 3. The van der Waals surface area contributed by atoms with Gasteiger partial charge in [0.15, 0.2) is 0 Å². The van der Waals surface area contributed by atoms with Gasteiger partial charge in [-0.2, -0.15) is 5.10 Å². The van der Waals surface area contributed by atoms with Gasteiger partial charge in [-0.05, 0) is 87.2 Å². The van der Waals surface area contributed by atoms with Gasteiger partial charge in [-0.15, -0.1) is 0 Å². The molecule has 0 saturated carbocycles. The summed E-state index contributed by atoms with van der Waals surface area (Å²) in [5.41, 5.74) is 4.43. The van der Waals surface area contributed by atoms with Crippen LogP contribution in [0.4, 0.5) is 4.79 Å². The number of alkyl carbamates (subject to hydrolysis) is 1. The molecule has 0 unspecified atom stereocenters. The van der Waals surface area contributed by atoms with Gasteiger partial charge >= 0.3 is 6.09 Å². The van der Waals surface area contributed by atoms with Crippen molar-refractivity contribution in [2.45, 2.75) is 45.8 Å². The van der Waals surface area contributed by atoms with E-state index in [0.717, 1.165) is 29.7 Å². The highest BCUT2D eigenvalue weighted by Crippen LogP contribution is 2.16. The zero-order valence-electron chi connectivity index (χ0n) is 22.5. The second-order valence-corrected chi connectivity index (χ2v) is 10.1. The van der Waals surface area contributed by atoms with Crippen LogP contribution in [0.1, 0.15) is 59.8 Å². The van der Waals surface area contributed by atoms with Gasteiger partial charge in [-0.3, -0.25) is 4.79 Å². The number of benzene rings is 2. The maximum absolute atomic E-state index is 12.8. The molecule has 39 heavy (non-hydrogen) atoms. The largest absolute Gasteiger partial charge is 0.444 e. The summed E-state index contributed by atoms with van der Waals surface area (Å²) in [7, 11) is 0. The number of ether oxygens (including phenoxy) is 1. The third-order valence-corrected chi connectivity index (χ3v) is 5.73. The Hall–Kier alpha value is -4.77. The van der Waals surface area contributed by atoms with E-state index in [0.29, 0.717) is 24.2 Å². The molecule has 0 spiro atoms. The Kier molecular flexibility index (Phi) is 8.85. The Bertz CT molecular complexity index is 1440. The Balaban J connectivity index is 1.43. The predicted molar refractivity (Wildman–Crippen MR) is 151 cm³/mol. The quantitative estimate of drug-likeness (QED) is 0.224. The van der Waals surface area contributed by atoms with Gasteiger partial charge in [-0.1, -0.05) is 24.0 Å². The van der Waals surface area contributed by atoms with Gasteiger partial charge in [0, 0.05) is 49.0 Å². The first kappa shape index (κ1) is 27.3. The Morgan fingerprint density at radius 3 is 2.54 bits per heavy atom. The normalized spacial score (nSPS) is 10.8. The van der Waals surface area contributed by atoms with Crippen LogP contribution in [0, 0.1) is 11.8 Å². The Morgan fingerprint density at radius 2 is 1.85 bits per heavy atom. The third-order valence-electron chi connectivity index (χ3n) is 5.73. The van der Waals surface area contributed by atoms with E-state index in [9.17, 15) is 9.59 Å². The molecule has 200 valence electrons. The number of rotatable bonds is 8. The zero-order chi connectivity index (χ0) is 27.7. The molecule has 0 aliphatic rings. The van der Waals surface area contributed by atoms with Crippen LogP contribution in [0.15, 0.2) is 79.4 Å². The fourth-order valence-corrected chi connectivity index (χ4v) is 3.83. The second kappa shape index (κ2) is 12.7. The number of carbonyl (C=O) groups excluding carboxylic acids is 2. The van der Waals surface area contributed by atoms with Crippen LogP contribution in [-0.4, -0.2) is 38.9 Å². The molecule has 4 rings (SSSR count). The van der Waals surface area contributed by atoms with Crippen molar-refractivity contribution >= 4 is 12.0 Å². The van der Waals surface area contributed by atoms with Gasteiger partial charge in [0.1, 0.15) is 5.60 Å². The van der Waals surface area contributed by atoms with Crippen LogP contribution < -0.4 is 10.6 Å². The highest BCUT2D eigenvalue weighted by atomic mass is 16.6. The fraction of sp³-hybridized carbons (Fsp3) is 0.258. The van der Waals surface area contributed by atoms with Gasteiger partial charge in [0.2, 0.25) is 0 Å². The summed E-state index contributed by atoms with van der Waals surface area (Å²) in [6, 6.07) is 16.9. The van der Waals surface area contributed by atoms with E-state index in [-0.39, 0.29) is 5.91 Å². The smallest absolute Gasteiger partial charge is 0.407 e. The minimum atomic E-state index is -0.542. The van der Waals surface area contributed by atoms with Crippen molar-refractivity contribution in [3.8, 4) is 17.5 Å². The van der Waals surface area contributed by atoms with E-state index in [1.54, 1.807) is 23.0 Å². The monoisotopic (exact) mass is 523 g/mol. The average Bonchev–Trinajstić information content (AvgIpc) is 3.63. The van der Waals surface area contributed by atoms with Gasteiger partial charge in [-0.25, -0.2) is 9.48 Å². The van der Waals surface area contributed by atoms with Crippen LogP contribution in [-0.2, 0) is 17.7 Å². The minimum Gasteiger partial charge on any atom is -0.444 e. The van der Waals surface area contributed by atoms with Crippen molar-refractivity contribution in [1.82, 2.24) is 25.4 Å². The number of hydrogen-bond donors (Lipinski definition) is 3. The number of hydrogen-bond acceptors (Lipinski definition) is 4. The standard InChI is InChI=1S/C31H33N5O3/c1-31(2,3)39-30(38)34-22-25-9-7-23(8-10-25)11-12-26-20-27(13-14-28(26)36-19-5-17-35-36)29(37)33-16-4-6-24-15-18-32-21-24/h5,7-10,13-15,17-21,32H,4,6,16,22H2,1-3H3,(H,33,37)(H,34,38). The van der Waals surface area contributed by atoms with Crippen LogP contribution in [0.5, 0.6) is 0 Å². The van der Waals surface area contributed by atoms with E-state index < -0.39 is 11.7 Å². The summed E-state index contributed by atoms with van der Waals surface area (Å²) < 4.78 is 7.00. The molecule has 0 radical (unpaired) electrons. The van der Waals surface area contributed by atoms with Gasteiger partial charge < -0.3 is 20.4 Å². The molecule has 2 amide bonds. The topological polar surface area (TPSA) is 101 Å². The average molecular weight is 524 g/mol. The first-order chi connectivity index (χ1) is 18.8. The van der Waals surface area contributed by atoms with Crippen LogP contribution >= 0.6 is 0 Å². The Morgan fingerprint density at radius 1 is 1.03 bits per heavy atom. The minimum absolute atomic E-state index is 0.138. The molecule has 0 fully saturated rings.